The Labute approximate surface area is 132 Å². The lowest BCUT2D eigenvalue weighted by molar-refractivity contribution is 0.0428. The van der Waals surface area contributed by atoms with Crippen molar-refractivity contribution in [1.82, 2.24) is 14.5 Å². The van der Waals surface area contributed by atoms with Gasteiger partial charge in [0.25, 0.3) is 5.91 Å². The Bertz CT molecular complexity index is 701. The number of fused-ring (bicyclic) bond motifs is 1. The van der Waals surface area contributed by atoms with Crippen LogP contribution in [0.1, 0.15) is 56.1 Å². The van der Waals surface area contributed by atoms with Crippen LogP contribution in [0.4, 0.5) is 0 Å². The van der Waals surface area contributed by atoms with Crippen molar-refractivity contribution in [3.05, 3.63) is 35.7 Å². The number of hydrogen-bond donors (Lipinski definition) is 0. The number of hydrogen-bond acceptors (Lipinski definition) is 2. The minimum absolute atomic E-state index is 0.140. The van der Waals surface area contributed by atoms with Gasteiger partial charge in [0.2, 0.25) is 0 Å². The predicted octanol–water partition coefficient (Wildman–Crippen LogP) is 3.68. The van der Waals surface area contributed by atoms with E-state index in [4.69, 9.17) is 0 Å². The molecule has 2 aromatic rings. The first-order chi connectivity index (χ1) is 10.4. The van der Waals surface area contributed by atoms with Gasteiger partial charge in [0.1, 0.15) is 0 Å². The molecule has 1 aliphatic heterocycles. The molecule has 118 valence electrons. The molecule has 22 heavy (non-hydrogen) atoms. The average Bonchev–Trinajstić information content (AvgIpc) is 2.81. The molecule has 0 spiro atoms. The summed E-state index contributed by atoms with van der Waals surface area (Å²) in [6.07, 6.45) is 5.05. The molecule has 3 rings (SSSR count). The van der Waals surface area contributed by atoms with E-state index in [2.05, 4.69) is 30.8 Å². The Morgan fingerprint density at radius 2 is 2.18 bits per heavy atom. The predicted molar refractivity (Wildman–Crippen MR) is 88.1 cm³/mol. The van der Waals surface area contributed by atoms with Crippen molar-refractivity contribution in [2.75, 3.05) is 6.54 Å². The molecule has 4 nitrogen and oxygen atoms in total. The lowest BCUT2D eigenvalue weighted by atomic mass is 9.78. The number of likely N-dealkylation sites (tertiary alicyclic amines) is 1. The minimum atomic E-state index is 0.140. The van der Waals surface area contributed by atoms with Crippen LogP contribution in [0, 0.1) is 12.3 Å². The van der Waals surface area contributed by atoms with Gasteiger partial charge in [-0.2, -0.15) is 5.10 Å². The number of pyridine rings is 1. The average molecular weight is 299 g/mol. The number of carbonyl (C=O) groups is 1. The van der Waals surface area contributed by atoms with Crippen molar-refractivity contribution >= 4 is 11.4 Å². The molecular formula is C18H25N3O. The molecule has 0 N–H and O–H groups in total. The van der Waals surface area contributed by atoms with Gasteiger partial charge in [-0.05, 0) is 43.7 Å². The van der Waals surface area contributed by atoms with Gasteiger partial charge in [-0.3, -0.25) is 4.79 Å². The van der Waals surface area contributed by atoms with E-state index >= 15 is 0 Å². The maximum Gasteiger partial charge on any atom is 0.258 e. The van der Waals surface area contributed by atoms with Crippen LogP contribution in [0.25, 0.3) is 5.52 Å². The van der Waals surface area contributed by atoms with E-state index < -0.39 is 0 Å². The van der Waals surface area contributed by atoms with E-state index in [1.807, 2.05) is 31.3 Å². The molecule has 4 heteroatoms. The zero-order chi connectivity index (χ0) is 15.9. The minimum Gasteiger partial charge on any atom is -0.336 e. The molecule has 1 atom stereocenters. The number of nitrogens with zero attached hydrogens (tertiary/aromatic N) is 3. The third-order valence-electron chi connectivity index (χ3n) is 4.92. The van der Waals surface area contributed by atoms with E-state index in [1.54, 1.807) is 4.52 Å². The first-order valence-electron chi connectivity index (χ1n) is 8.18. The largest absolute Gasteiger partial charge is 0.336 e. The van der Waals surface area contributed by atoms with E-state index in [9.17, 15) is 4.79 Å². The van der Waals surface area contributed by atoms with Crippen LogP contribution in [0.2, 0.25) is 0 Å². The van der Waals surface area contributed by atoms with Gasteiger partial charge in [-0.15, -0.1) is 0 Å². The van der Waals surface area contributed by atoms with Gasteiger partial charge in [0.05, 0.1) is 16.8 Å². The van der Waals surface area contributed by atoms with Gasteiger partial charge in [-0.25, -0.2) is 4.52 Å². The highest BCUT2D eigenvalue weighted by Gasteiger charge is 2.36. The quantitative estimate of drug-likeness (QED) is 0.848. The summed E-state index contributed by atoms with van der Waals surface area (Å²) in [7, 11) is 0. The summed E-state index contributed by atoms with van der Waals surface area (Å²) >= 11 is 0. The highest BCUT2D eigenvalue weighted by Crippen LogP contribution is 2.36. The second-order valence-electron chi connectivity index (χ2n) is 7.17. The normalized spacial score (nSPS) is 21.3. The highest BCUT2D eigenvalue weighted by molar-refractivity contribution is 6.02. The summed E-state index contributed by atoms with van der Waals surface area (Å²) < 4.78 is 1.80. The van der Waals surface area contributed by atoms with Crippen LogP contribution in [0.3, 0.4) is 0 Å². The van der Waals surface area contributed by atoms with Crippen molar-refractivity contribution in [2.45, 2.75) is 53.0 Å². The molecule has 0 radical (unpaired) electrons. The second kappa shape index (κ2) is 5.41. The fraction of sp³-hybridized carbons (Fsp3) is 0.556. The summed E-state index contributed by atoms with van der Waals surface area (Å²) in [5.41, 5.74) is 2.81. The molecule has 3 heterocycles. The molecule has 2 aromatic heterocycles. The van der Waals surface area contributed by atoms with Crippen LogP contribution in [-0.4, -0.2) is 33.0 Å². The smallest absolute Gasteiger partial charge is 0.258 e. The molecule has 1 aliphatic rings. The number of aromatic nitrogens is 2. The zero-order valence-electron chi connectivity index (χ0n) is 14.0. The monoisotopic (exact) mass is 299 g/mol. The zero-order valence-corrected chi connectivity index (χ0v) is 14.0. The molecule has 0 bridgehead atoms. The van der Waals surface area contributed by atoms with E-state index in [-0.39, 0.29) is 5.91 Å². The van der Waals surface area contributed by atoms with E-state index in [1.165, 1.54) is 0 Å². The van der Waals surface area contributed by atoms with Gasteiger partial charge < -0.3 is 4.90 Å². The molecule has 1 fully saturated rings. The molecular weight excluding hydrogens is 274 g/mol. The van der Waals surface area contributed by atoms with Crippen LogP contribution >= 0.6 is 0 Å². The van der Waals surface area contributed by atoms with Gasteiger partial charge >= 0.3 is 0 Å². The van der Waals surface area contributed by atoms with Crippen LogP contribution in [-0.2, 0) is 0 Å². The van der Waals surface area contributed by atoms with Crippen molar-refractivity contribution < 1.29 is 4.79 Å². The lowest BCUT2D eigenvalue weighted by Gasteiger charge is -2.43. The Kier molecular flexibility index (Phi) is 3.71. The third-order valence-corrected chi connectivity index (χ3v) is 4.92. The van der Waals surface area contributed by atoms with Crippen LogP contribution in [0.15, 0.2) is 24.4 Å². The Balaban J connectivity index is 1.97. The maximum absolute atomic E-state index is 13.1. The second-order valence-corrected chi connectivity index (χ2v) is 7.17. The topological polar surface area (TPSA) is 37.6 Å². The van der Waals surface area contributed by atoms with Crippen molar-refractivity contribution in [3.8, 4) is 0 Å². The first kappa shape index (κ1) is 15.1. The standard InChI is InChI=1S/C18H25N3O/c1-5-14-12-18(3,4)9-11-20(14)17(22)16-13(2)19-21-10-7-6-8-15(16)21/h6-8,10,14H,5,9,11-12H2,1-4H3. The van der Waals surface area contributed by atoms with Crippen molar-refractivity contribution in [3.63, 3.8) is 0 Å². The summed E-state index contributed by atoms with van der Waals surface area (Å²) in [6.45, 7) is 9.55. The molecule has 0 aliphatic carbocycles. The molecule has 1 amide bonds. The number of piperidine rings is 1. The van der Waals surface area contributed by atoms with Gasteiger partial charge in [-0.1, -0.05) is 26.8 Å². The van der Waals surface area contributed by atoms with E-state index in [0.29, 0.717) is 11.5 Å². The van der Waals surface area contributed by atoms with Crippen LogP contribution < -0.4 is 0 Å². The summed E-state index contributed by atoms with van der Waals surface area (Å²) in [5, 5.41) is 4.48. The Morgan fingerprint density at radius 1 is 1.41 bits per heavy atom. The number of rotatable bonds is 2. The summed E-state index contributed by atoms with van der Waals surface area (Å²) in [4.78, 5) is 15.2. The maximum atomic E-state index is 13.1. The highest BCUT2D eigenvalue weighted by atomic mass is 16.2. The summed E-state index contributed by atoms with van der Waals surface area (Å²) in [6, 6.07) is 6.20. The lowest BCUT2D eigenvalue weighted by Crippen LogP contribution is -2.48. The fourth-order valence-electron chi connectivity index (χ4n) is 3.61. The Hall–Kier alpha value is -1.84. The third kappa shape index (κ3) is 2.51. The fourth-order valence-corrected chi connectivity index (χ4v) is 3.61. The van der Waals surface area contributed by atoms with Crippen LogP contribution in [0.5, 0.6) is 0 Å². The number of carbonyl (C=O) groups excluding carboxylic acids is 1. The molecule has 1 saturated heterocycles. The number of aryl methyl sites for hydroxylation is 1. The van der Waals surface area contributed by atoms with Crippen molar-refractivity contribution in [2.24, 2.45) is 5.41 Å². The van der Waals surface area contributed by atoms with Gasteiger partial charge in [0, 0.05) is 18.8 Å². The summed E-state index contributed by atoms with van der Waals surface area (Å²) in [5.74, 6) is 0.140. The van der Waals surface area contributed by atoms with Crippen molar-refractivity contribution in [1.29, 1.82) is 0 Å². The molecule has 0 saturated carbocycles. The molecule has 1 unspecified atom stereocenters. The number of amides is 1. The SMILES string of the molecule is CCC1CC(C)(C)CCN1C(=O)c1c(C)nn2ccccc12. The van der Waals surface area contributed by atoms with E-state index in [0.717, 1.165) is 42.6 Å². The molecule has 0 aromatic carbocycles. The first-order valence-corrected chi connectivity index (χ1v) is 8.18. The van der Waals surface area contributed by atoms with Gasteiger partial charge in [0.15, 0.2) is 0 Å². The Morgan fingerprint density at radius 3 is 2.91 bits per heavy atom.